The lowest BCUT2D eigenvalue weighted by molar-refractivity contribution is -0.161. The van der Waals surface area contributed by atoms with E-state index < -0.39 is 97.5 Å². The molecular formula is C68H132O17P2. The minimum atomic E-state index is -4.95. The number of phosphoric acid groups is 2. The van der Waals surface area contributed by atoms with Crippen LogP contribution in [0.2, 0.25) is 0 Å². The zero-order valence-electron chi connectivity index (χ0n) is 56.3. The average molecular weight is 1280 g/mol. The molecule has 0 saturated carbocycles. The number of aliphatic hydroxyl groups is 1. The van der Waals surface area contributed by atoms with Crippen LogP contribution in [0, 0.1) is 11.8 Å². The minimum absolute atomic E-state index is 0.103. The fraction of sp³-hybridized carbons (Fsp3) is 0.941. The van der Waals surface area contributed by atoms with Crippen molar-refractivity contribution in [1.82, 2.24) is 0 Å². The molecule has 5 atom stereocenters. The molecule has 0 aliphatic rings. The highest BCUT2D eigenvalue weighted by molar-refractivity contribution is 7.47. The number of esters is 4. The van der Waals surface area contributed by atoms with Crippen LogP contribution in [-0.2, 0) is 65.4 Å². The van der Waals surface area contributed by atoms with Gasteiger partial charge in [-0.05, 0) is 37.5 Å². The second-order valence-corrected chi connectivity index (χ2v) is 28.4. The number of unbranched alkanes of at least 4 members (excludes halogenated alkanes) is 37. The van der Waals surface area contributed by atoms with Gasteiger partial charge < -0.3 is 33.8 Å². The third-order valence-electron chi connectivity index (χ3n) is 15.7. The first-order valence-corrected chi connectivity index (χ1v) is 38.5. The minimum Gasteiger partial charge on any atom is -0.462 e. The van der Waals surface area contributed by atoms with E-state index in [1.807, 2.05) is 0 Å². The molecule has 0 spiro atoms. The third-order valence-corrected chi connectivity index (χ3v) is 17.6. The van der Waals surface area contributed by atoms with Gasteiger partial charge in [0.15, 0.2) is 12.2 Å². The summed E-state index contributed by atoms with van der Waals surface area (Å²) in [6.07, 6.45) is 44.6. The van der Waals surface area contributed by atoms with E-state index in [4.69, 9.17) is 37.0 Å². The molecule has 0 rings (SSSR count). The molecule has 0 aliphatic carbocycles. The van der Waals surface area contributed by atoms with Crippen molar-refractivity contribution >= 4 is 39.5 Å². The van der Waals surface area contributed by atoms with Gasteiger partial charge in [0, 0.05) is 25.7 Å². The molecule has 0 saturated heterocycles. The Morgan fingerprint density at radius 1 is 0.310 bits per heavy atom. The molecule has 0 heterocycles. The van der Waals surface area contributed by atoms with Gasteiger partial charge in [-0.3, -0.25) is 37.3 Å². The van der Waals surface area contributed by atoms with Crippen molar-refractivity contribution in [2.24, 2.45) is 11.8 Å². The molecule has 0 aromatic carbocycles. The van der Waals surface area contributed by atoms with Gasteiger partial charge in [-0.15, -0.1) is 0 Å². The molecule has 3 N–H and O–H groups in total. The first-order valence-electron chi connectivity index (χ1n) is 35.5. The molecule has 0 radical (unpaired) electrons. The van der Waals surface area contributed by atoms with Crippen LogP contribution >= 0.6 is 15.6 Å². The Labute approximate surface area is 530 Å². The van der Waals surface area contributed by atoms with Crippen molar-refractivity contribution in [3.05, 3.63) is 0 Å². The lowest BCUT2D eigenvalue weighted by Crippen LogP contribution is -2.30. The second kappa shape index (κ2) is 60.3. The van der Waals surface area contributed by atoms with Crippen LogP contribution in [0.25, 0.3) is 0 Å². The Hall–Kier alpha value is -1.94. The van der Waals surface area contributed by atoms with E-state index in [-0.39, 0.29) is 25.7 Å². The van der Waals surface area contributed by atoms with Crippen LogP contribution in [0.5, 0.6) is 0 Å². The van der Waals surface area contributed by atoms with Gasteiger partial charge in [-0.25, -0.2) is 9.13 Å². The predicted molar refractivity (Wildman–Crippen MR) is 349 cm³/mol. The fourth-order valence-corrected chi connectivity index (χ4v) is 11.8. The van der Waals surface area contributed by atoms with Crippen molar-refractivity contribution in [3.8, 4) is 0 Å². The predicted octanol–water partition coefficient (Wildman–Crippen LogP) is 19.2. The van der Waals surface area contributed by atoms with Crippen molar-refractivity contribution < 1.29 is 80.2 Å². The van der Waals surface area contributed by atoms with Crippen molar-refractivity contribution in [2.75, 3.05) is 39.6 Å². The highest BCUT2D eigenvalue weighted by Crippen LogP contribution is 2.45. The van der Waals surface area contributed by atoms with Crippen LogP contribution in [0.4, 0.5) is 0 Å². The van der Waals surface area contributed by atoms with Gasteiger partial charge in [0.2, 0.25) is 0 Å². The van der Waals surface area contributed by atoms with E-state index in [2.05, 4.69) is 41.5 Å². The quantitative estimate of drug-likeness (QED) is 0.0222. The van der Waals surface area contributed by atoms with Crippen LogP contribution in [0.3, 0.4) is 0 Å². The van der Waals surface area contributed by atoms with Gasteiger partial charge in [0.25, 0.3) is 0 Å². The van der Waals surface area contributed by atoms with Gasteiger partial charge in [-0.2, -0.15) is 0 Å². The van der Waals surface area contributed by atoms with Crippen LogP contribution in [0.1, 0.15) is 343 Å². The molecule has 87 heavy (non-hydrogen) atoms. The smallest absolute Gasteiger partial charge is 0.462 e. The molecule has 17 nitrogen and oxygen atoms in total. The third kappa shape index (κ3) is 62.6. The number of aliphatic hydroxyl groups excluding tert-OH is 1. The van der Waals surface area contributed by atoms with Crippen molar-refractivity contribution in [1.29, 1.82) is 0 Å². The van der Waals surface area contributed by atoms with E-state index in [1.54, 1.807) is 0 Å². The van der Waals surface area contributed by atoms with Crippen LogP contribution < -0.4 is 0 Å². The molecule has 0 aromatic heterocycles. The lowest BCUT2D eigenvalue weighted by atomic mass is 10.0. The van der Waals surface area contributed by atoms with E-state index in [1.165, 1.54) is 148 Å². The summed E-state index contributed by atoms with van der Waals surface area (Å²) in [6.45, 7) is 9.45. The van der Waals surface area contributed by atoms with E-state index >= 15 is 0 Å². The summed E-state index contributed by atoms with van der Waals surface area (Å²) in [4.78, 5) is 72.3. The summed E-state index contributed by atoms with van der Waals surface area (Å²) in [7, 11) is -9.89. The van der Waals surface area contributed by atoms with Crippen LogP contribution in [0.15, 0.2) is 0 Å². The number of hydrogen-bond donors (Lipinski definition) is 3. The molecule has 516 valence electrons. The molecule has 19 heteroatoms. The maximum atomic E-state index is 13.0. The highest BCUT2D eigenvalue weighted by atomic mass is 31.2. The molecule has 0 amide bonds. The molecule has 0 aliphatic heterocycles. The molecule has 0 fully saturated rings. The zero-order valence-corrected chi connectivity index (χ0v) is 58.1. The SMILES string of the molecule is CCCCCCCCCCCCCCC(=O)OC[C@H](COP(=O)(O)OC[C@@H](O)COP(=O)(O)OC[C@@H](COC(=O)CCCCCCCCC)OC(=O)CCCCCCCCCC(C)C)OC(=O)CCCCCCCCCCCCCCCCCC(C)C. The van der Waals surface area contributed by atoms with Crippen molar-refractivity contribution in [2.45, 2.75) is 362 Å². The van der Waals surface area contributed by atoms with E-state index in [0.29, 0.717) is 31.6 Å². The summed E-state index contributed by atoms with van der Waals surface area (Å²) in [5, 5.41) is 10.5. The largest absolute Gasteiger partial charge is 0.472 e. The maximum absolute atomic E-state index is 13.0. The molecule has 2 unspecified atom stereocenters. The van der Waals surface area contributed by atoms with Crippen LogP contribution in [-0.4, -0.2) is 96.7 Å². The Morgan fingerprint density at radius 3 is 0.782 bits per heavy atom. The second-order valence-electron chi connectivity index (χ2n) is 25.5. The fourth-order valence-electron chi connectivity index (χ4n) is 10.2. The van der Waals surface area contributed by atoms with E-state index in [9.17, 15) is 43.2 Å². The number of phosphoric ester groups is 2. The average Bonchev–Trinajstić information content (AvgIpc) is 3.57. The molecular weight excluding hydrogens is 1150 g/mol. The Bertz CT molecular complexity index is 1700. The van der Waals surface area contributed by atoms with Gasteiger partial charge in [0.05, 0.1) is 26.4 Å². The van der Waals surface area contributed by atoms with Gasteiger partial charge in [-0.1, -0.05) is 292 Å². The first kappa shape index (κ1) is 85.1. The number of hydrogen-bond acceptors (Lipinski definition) is 15. The number of carbonyl (C=O) groups is 4. The number of rotatable bonds is 67. The topological polar surface area (TPSA) is 237 Å². The monoisotopic (exact) mass is 1280 g/mol. The zero-order chi connectivity index (χ0) is 64.3. The summed E-state index contributed by atoms with van der Waals surface area (Å²) in [5.74, 6) is -0.634. The maximum Gasteiger partial charge on any atom is 0.472 e. The number of carbonyl (C=O) groups excluding carboxylic acids is 4. The van der Waals surface area contributed by atoms with Gasteiger partial charge >= 0.3 is 39.5 Å². The first-order chi connectivity index (χ1) is 41.9. The highest BCUT2D eigenvalue weighted by Gasteiger charge is 2.30. The number of ether oxygens (including phenoxy) is 4. The molecule has 0 bridgehead atoms. The molecule has 0 aromatic rings. The summed E-state index contributed by atoms with van der Waals surface area (Å²) >= 11 is 0. The standard InChI is InChI=1S/C68H132O17P2/c1-7-9-11-13-15-16-17-24-27-33-39-45-51-66(71)79-57-64(84-67(72)52-46-40-34-28-25-22-20-18-19-21-23-26-31-36-42-48-60(3)4)59-83-87(76,77)81-55-62(69)54-80-86(74,75)82-58-63(56-78-65(70)50-44-38-30-14-12-10-8-2)85-68(73)53-47-41-35-29-32-37-43-49-61(5)6/h60-64,69H,7-59H2,1-6H3,(H,74,75)(H,76,77)/t62-,63+,64+/m0/s1. The normalized spacial score (nSPS) is 14.2. The Kier molecular flexibility index (Phi) is 59.0. The van der Waals surface area contributed by atoms with Crippen molar-refractivity contribution in [3.63, 3.8) is 0 Å². The summed E-state index contributed by atoms with van der Waals surface area (Å²) < 4.78 is 68.1. The lowest BCUT2D eigenvalue weighted by Gasteiger charge is -2.21. The summed E-state index contributed by atoms with van der Waals surface area (Å²) in [6, 6.07) is 0. The van der Waals surface area contributed by atoms with Gasteiger partial charge in [0.1, 0.15) is 19.3 Å². The van der Waals surface area contributed by atoms with E-state index in [0.717, 1.165) is 109 Å². The Morgan fingerprint density at radius 2 is 0.529 bits per heavy atom. The Balaban J connectivity index is 5.18. The summed E-state index contributed by atoms with van der Waals surface area (Å²) in [5.41, 5.74) is 0.